The molecule has 0 saturated heterocycles. The SMILES string of the molecule is Cc1cc(C)c([N+](=O)[O-])cc1Oc1ccc(CBr)cc1. The van der Waals surface area contributed by atoms with Crippen LogP contribution in [0.5, 0.6) is 11.5 Å². The van der Waals surface area contributed by atoms with E-state index in [0.29, 0.717) is 17.1 Å². The van der Waals surface area contributed by atoms with Gasteiger partial charge in [0, 0.05) is 10.9 Å². The first-order valence-electron chi connectivity index (χ1n) is 6.09. The Morgan fingerprint density at radius 2 is 1.80 bits per heavy atom. The molecular formula is C15H14BrNO3. The van der Waals surface area contributed by atoms with Crippen LogP contribution in [0.1, 0.15) is 16.7 Å². The average Bonchev–Trinajstić information content (AvgIpc) is 2.42. The van der Waals surface area contributed by atoms with Gasteiger partial charge in [-0.05, 0) is 43.2 Å². The van der Waals surface area contributed by atoms with E-state index in [-0.39, 0.29) is 5.69 Å². The summed E-state index contributed by atoms with van der Waals surface area (Å²) >= 11 is 3.38. The maximum atomic E-state index is 11.0. The topological polar surface area (TPSA) is 52.4 Å². The molecular weight excluding hydrogens is 322 g/mol. The van der Waals surface area contributed by atoms with E-state index in [4.69, 9.17) is 4.74 Å². The summed E-state index contributed by atoms with van der Waals surface area (Å²) < 4.78 is 5.73. The summed E-state index contributed by atoms with van der Waals surface area (Å²) in [6.07, 6.45) is 0. The fraction of sp³-hybridized carbons (Fsp3) is 0.200. The Morgan fingerprint density at radius 1 is 1.15 bits per heavy atom. The van der Waals surface area contributed by atoms with E-state index in [1.807, 2.05) is 31.2 Å². The van der Waals surface area contributed by atoms with Crippen LogP contribution in [0.4, 0.5) is 5.69 Å². The van der Waals surface area contributed by atoms with Gasteiger partial charge in [-0.1, -0.05) is 28.1 Å². The molecule has 0 aromatic heterocycles. The molecule has 0 amide bonds. The molecule has 0 aliphatic heterocycles. The quantitative estimate of drug-likeness (QED) is 0.453. The number of nitro groups is 1. The first-order chi connectivity index (χ1) is 9.51. The van der Waals surface area contributed by atoms with Gasteiger partial charge in [0.05, 0.1) is 11.0 Å². The molecule has 104 valence electrons. The molecule has 20 heavy (non-hydrogen) atoms. The Kier molecular flexibility index (Phi) is 4.39. The van der Waals surface area contributed by atoms with E-state index < -0.39 is 4.92 Å². The van der Waals surface area contributed by atoms with Crippen LogP contribution in [0.25, 0.3) is 0 Å². The number of alkyl halides is 1. The minimum Gasteiger partial charge on any atom is -0.457 e. The molecule has 0 aliphatic rings. The smallest absolute Gasteiger partial charge is 0.276 e. The van der Waals surface area contributed by atoms with Crippen LogP contribution < -0.4 is 4.74 Å². The van der Waals surface area contributed by atoms with E-state index in [2.05, 4.69) is 15.9 Å². The van der Waals surface area contributed by atoms with Crippen molar-refractivity contribution >= 4 is 21.6 Å². The molecule has 0 aliphatic carbocycles. The molecule has 5 heteroatoms. The van der Waals surface area contributed by atoms with Gasteiger partial charge in [0.25, 0.3) is 5.69 Å². The van der Waals surface area contributed by atoms with Crippen molar-refractivity contribution in [1.82, 2.24) is 0 Å². The number of aryl methyl sites for hydroxylation is 2. The highest BCUT2D eigenvalue weighted by Gasteiger charge is 2.14. The third kappa shape index (κ3) is 3.17. The molecule has 0 atom stereocenters. The standard InChI is InChI=1S/C15H14BrNO3/c1-10-7-11(2)15(8-14(10)17(18)19)20-13-5-3-12(9-16)4-6-13/h3-8H,9H2,1-2H3. The Morgan fingerprint density at radius 3 is 2.35 bits per heavy atom. The van der Waals surface area contributed by atoms with E-state index >= 15 is 0 Å². The largest absolute Gasteiger partial charge is 0.457 e. The molecule has 2 aromatic rings. The third-order valence-electron chi connectivity index (χ3n) is 3.00. The van der Waals surface area contributed by atoms with Crippen molar-refractivity contribution in [1.29, 1.82) is 0 Å². The molecule has 0 spiro atoms. The van der Waals surface area contributed by atoms with Gasteiger partial charge in [-0.3, -0.25) is 10.1 Å². The second-order valence-electron chi connectivity index (χ2n) is 4.54. The van der Waals surface area contributed by atoms with Gasteiger partial charge < -0.3 is 4.74 Å². The van der Waals surface area contributed by atoms with Gasteiger partial charge in [0.2, 0.25) is 0 Å². The van der Waals surface area contributed by atoms with Gasteiger partial charge >= 0.3 is 0 Å². The zero-order valence-electron chi connectivity index (χ0n) is 11.2. The minimum atomic E-state index is -0.393. The summed E-state index contributed by atoms with van der Waals surface area (Å²) in [5, 5.41) is 11.7. The van der Waals surface area contributed by atoms with Crippen molar-refractivity contribution in [3.63, 3.8) is 0 Å². The van der Waals surface area contributed by atoms with Crippen LogP contribution >= 0.6 is 15.9 Å². The number of hydrogen-bond acceptors (Lipinski definition) is 3. The predicted octanol–water partition coefficient (Wildman–Crippen LogP) is 4.90. The van der Waals surface area contributed by atoms with Crippen molar-refractivity contribution in [2.75, 3.05) is 0 Å². The number of benzene rings is 2. The fourth-order valence-electron chi connectivity index (χ4n) is 1.90. The Balaban J connectivity index is 2.32. The van der Waals surface area contributed by atoms with E-state index in [0.717, 1.165) is 16.5 Å². The molecule has 0 N–H and O–H groups in total. The summed E-state index contributed by atoms with van der Waals surface area (Å²) in [4.78, 5) is 10.6. The highest BCUT2D eigenvalue weighted by Crippen LogP contribution is 2.31. The fourth-order valence-corrected chi connectivity index (χ4v) is 2.28. The maximum Gasteiger partial charge on any atom is 0.276 e. The molecule has 0 bridgehead atoms. The number of ether oxygens (including phenoxy) is 1. The van der Waals surface area contributed by atoms with Crippen LogP contribution in [-0.4, -0.2) is 4.92 Å². The molecule has 0 unspecified atom stereocenters. The van der Waals surface area contributed by atoms with E-state index in [1.54, 1.807) is 13.0 Å². The van der Waals surface area contributed by atoms with Crippen LogP contribution in [0, 0.1) is 24.0 Å². The number of nitrogens with zero attached hydrogens (tertiary/aromatic N) is 1. The molecule has 2 rings (SSSR count). The van der Waals surface area contributed by atoms with Crippen molar-refractivity contribution in [3.8, 4) is 11.5 Å². The normalized spacial score (nSPS) is 10.3. The summed E-state index contributed by atoms with van der Waals surface area (Å²) in [5.74, 6) is 1.17. The second kappa shape index (κ2) is 6.05. The molecule has 4 nitrogen and oxygen atoms in total. The molecule has 0 heterocycles. The average molecular weight is 336 g/mol. The number of rotatable bonds is 4. The van der Waals surface area contributed by atoms with Gasteiger partial charge in [-0.15, -0.1) is 0 Å². The van der Waals surface area contributed by atoms with Crippen LogP contribution in [-0.2, 0) is 5.33 Å². The highest BCUT2D eigenvalue weighted by atomic mass is 79.9. The van der Waals surface area contributed by atoms with Crippen molar-refractivity contribution in [3.05, 3.63) is 63.2 Å². The first-order valence-corrected chi connectivity index (χ1v) is 7.22. The van der Waals surface area contributed by atoms with Gasteiger partial charge in [-0.25, -0.2) is 0 Å². The second-order valence-corrected chi connectivity index (χ2v) is 5.10. The summed E-state index contributed by atoms with van der Waals surface area (Å²) in [5.41, 5.74) is 2.72. The molecule has 0 fully saturated rings. The monoisotopic (exact) mass is 335 g/mol. The van der Waals surface area contributed by atoms with Gasteiger partial charge in [0.15, 0.2) is 0 Å². The molecule has 0 saturated carbocycles. The Labute approximate surface area is 125 Å². The maximum absolute atomic E-state index is 11.0. The highest BCUT2D eigenvalue weighted by molar-refractivity contribution is 9.08. The van der Waals surface area contributed by atoms with Crippen LogP contribution in [0.15, 0.2) is 36.4 Å². The van der Waals surface area contributed by atoms with Crippen molar-refractivity contribution in [2.24, 2.45) is 0 Å². The first kappa shape index (κ1) is 14.5. The number of halogens is 1. The molecule has 0 radical (unpaired) electrons. The van der Waals surface area contributed by atoms with Crippen LogP contribution in [0.2, 0.25) is 0 Å². The van der Waals surface area contributed by atoms with Crippen molar-refractivity contribution in [2.45, 2.75) is 19.2 Å². The van der Waals surface area contributed by atoms with Crippen LogP contribution in [0.3, 0.4) is 0 Å². The van der Waals surface area contributed by atoms with Gasteiger partial charge in [-0.2, -0.15) is 0 Å². The predicted molar refractivity (Wildman–Crippen MR) is 81.7 cm³/mol. The lowest BCUT2D eigenvalue weighted by Gasteiger charge is -2.10. The molecule has 2 aromatic carbocycles. The summed E-state index contributed by atoms with van der Waals surface area (Å²) in [7, 11) is 0. The third-order valence-corrected chi connectivity index (χ3v) is 3.64. The minimum absolute atomic E-state index is 0.0719. The van der Waals surface area contributed by atoms with E-state index in [9.17, 15) is 10.1 Å². The van der Waals surface area contributed by atoms with Crippen molar-refractivity contribution < 1.29 is 9.66 Å². The Bertz CT molecular complexity index is 638. The zero-order valence-corrected chi connectivity index (χ0v) is 12.8. The number of hydrogen-bond donors (Lipinski definition) is 0. The van der Waals surface area contributed by atoms with E-state index in [1.165, 1.54) is 6.07 Å². The zero-order chi connectivity index (χ0) is 14.7. The lowest BCUT2D eigenvalue weighted by Crippen LogP contribution is -1.95. The lowest BCUT2D eigenvalue weighted by atomic mass is 10.1. The lowest BCUT2D eigenvalue weighted by molar-refractivity contribution is -0.385. The number of nitro benzene ring substituents is 1. The van der Waals surface area contributed by atoms with Gasteiger partial charge in [0.1, 0.15) is 11.5 Å². The summed E-state index contributed by atoms with van der Waals surface area (Å²) in [6, 6.07) is 10.8. The summed E-state index contributed by atoms with van der Waals surface area (Å²) in [6.45, 7) is 3.60. The Hall–Kier alpha value is -1.88.